The Morgan fingerprint density at radius 1 is 1.43 bits per heavy atom. The van der Waals surface area contributed by atoms with E-state index in [0.717, 1.165) is 35.3 Å². The topological polar surface area (TPSA) is 62.2 Å². The number of aromatic carboxylic acids is 1. The summed E-state index contributed by atoms with van der Waals surface area (Å²) in [7, 11) is 0. The van der Waals surface area contributed by atoms with Gasteiger partial charge < -0.3 is 10.4 Å². The van der Waals surface area contributed by atoms with Gasteiger partial charge in [-0.15, -0.1) is 0 Å². The van der Waals surface area contributed by atoms with Crippen LogP contribution in [0.4, 0.5) is 5.69 Å². The molecule has 0 saturated heterocycles. The number of nitrogens with zero attached hydrogens (tertiary/aromatic N) is 1. The summed E-state index contributed by atoms with van der Waals surface area (Å²) in [6, 6.07) is 9.73. The van der Waals surface area contributed by atoms with Gasteiger partial charge in [-0.25, -0.2) is 9.78 Å². The van der Waals surface area contributed by atoms with E-state index in [1.54, 1.807) is 6.07 Å². The summed E-state index contributed by atoms with van der Waals surface area (Å²) < 4.78 is 0. The molecular weight excluding hydrogens is 264 g/mol. The monoisotopic (exact) mass is 284 g/mol. The highest BCUT2D eigenvalue weighted by Gasteiger charge is 2.25. The molecule has 110 valence electrons. The normalized spacial score (nSPS) is 15.9. The van der Waals surface area contributed by atoms with Crippen molar-refractivity contribution in [2.24, 2.45) is 5.92 Å². The molecule has 2 N–H and O–H groups in total. The van der Waals surface area contributed by atoms with Crippen molar-refractivity contribution in [3.05, 3.63) is 36.0 Å². The van der Waals surface area contributed by atoms with Crippen molar-refractivity contribution >= 4 is 22.6 Å². The summed E-state index contributed by atoms with van der Waals surface area (Å²) in [4.78, 5) is 15.5. The fraction of sp³-hybridized carbons (Fsp3) is 0.412. The van der Waals surface area contributed by atoms with Crippen LogP contribution in [0.25, 0.3) is 10.9 Å². The number of rotatable bonds is 6. The number of carbonyl (C=O) groups is 1. The van der Waals surface area contributed by atoms with Crippen molar-refractivity contribution in [2.45, 2.75) is 38.6 Å². The highest BCUT2D eigenvalue weighted by atomic mass is 16.4. The first-order valence-corrected chi connectivity index (χ1v) is 7.57. The molecule has 1 aromatic carbocycles. The van der Waals surface area contributed by atoms with Gasteiger partial charge in [-0.1, -0.05) is 38.0 Å². The molecule has 2 aromatic rings. The van der Waals surface area contributed by atoms with E-state index in [2.05, 4.69) is 17.2 Å². The first-order valence-electron chi connectivity index (χ1n) is 7.57. The SMILES string of the molecule is CCC(CC1CC1)Nc1cc(C(=O)O)nc2ccccc12. The van der Waals surface area contributed by atoms with Crippen molar-refractivity contribution in [2.75, 3.05) is 5.32 Å². The van der Waals surface area contributed by atoms with Gasteiger partial charge in [-0.3, -0.25) is 0 Å². The fourth-order valence-corrected chi connectivity index (χ4v) is 2.71. The molecular formula is C17H20N2O2. The maximum atomic E-state index is 11.2. The molecule has 1 fully saturated rings. The summed E-state index contributed by atoms with van der Waals surface area (Å²) in [6.45, 7) is 2.17. The van der Waals surface area contributed by atoms with Crippen molar-refractivity contribution < 1.29 is 9.90 Å². The Morgan fingerprint density at radius 3 is 2.86 bits per heavy atom. The van der Waals surface area contributed by atoms with Crippen molar-refractivity contribution in [1.29, 1.82) is 0 Å². The van der Waals surface area contributed by atoms with E-state index in [9.17, 15) is 9.90 Å². The molecule has 4 heteroatoms. The molecule has 1 aliphatic rings. The van der Waals surface area contributed by atoms with Crippen molar-refractivity contribution in [3.8, 4) is 0 Å². The second kappa shape index (κ2) is 5.72. The van der Waals surface area contributed by atoms with Gasteiger partial charge in [-0.05, 0) is 30.9 Å². The second-order valence-corrected chi connectivity index (χ2v) is 5.81. The molecule has 21 heavy (non-hydrogen) atoms. The minimum Gasteiger partial charge on any atom is -0.477 e. The number of anilines is 1. The number of pyridine rings is 1. The van der Waals surface area contributed by atoms with Crippen LogP contribution in [-0.4, -0.2) is 22.1 Å². The molecule has 1 heterocycles. The zero-order valence-corrected chi connectivity index (χ0v) is 12.2. The van der Waals surface area contributed by atoms with E-state index in [0.29, 0.717) is 6.04 Å². The van der Waals surface area contributed by atoms with Gasteiger partial charge >= 0.3 is 5.97 Å². The predicted octanol–water partition coefficient (Wildman–Crippen LogP) is 3.92. The first-order chi connectivity index (χ1) is 10.2. The summed E-state index contributed by atoms with van der Waals surface area (Å²) in [5.41, 5.74) is 1.70. The van der Waals surface area contributed by atoms with Crippen LogP contribution >= 0.6 is 0 Å². The molecule has 4 nitrogen and oxygen atoms in total. The minimum absolute atomic E-state index is 0.0949. The third-order valence-corrected chi connectivity index (χ3v) is 4.10. The number of para-hydroxylation sites is 1. The molecule has 1 saturated carbocycles. The third-order valence-electron chi connectivity index (χ3n) is 4.10. The van der Waals surface area contributed by atoms with Crippen LogP contribution in [-0.2, 0) is 0 Å². The summed E-state index contributed by atoms with van der Waals surface area (Å²) >= 11 is 0. The van der Waals surface area contributed by atoms with Gasteiger partial charge in [0.1, 0.15) is 0 Å². The molecule has 1 aromatic heterocycles. The highest BCUT2D eigenvalue weighted by molar-refractivity contribution is 5.97. The highest BCUT2D eigenvalue weighted by Crippen LogP contribution is 2.35. The fourth-order valence-electron chi connectivity index (χ4n) is 2.71. The van der Waals surface area contributed by atoms with Gasteiger partial charge in [0.05, 0.1) is 5.52 Å². The Labute approximate surface area is 124 Å². The van der Waals surface area contributed by atoms with E-state index in [1.807, 2.05) is 24.3 Å². The van der Waals surface area contributed by atoms with Crippen LogP contribution in [0.15, 0.2) is 30.3 Å². The molecule has 3 rings (SSSR count). The molecule has 0 aliphatic heterocycles. The Morgan fingerprint density at radius 2 is 2.19 bits per heavy atom. The molecule has 0 bridgehead atoms. The number of benzene rings is 1. The van der Waals surface area contributed by atoms with Crippen LogP contribution in [0.5, 0.6) is 0 Å². The van der Waals surface area contributed by atoms with Crippen LogP contribution < -0.4 is 5.32 Å². The zero-order valence-electron chi connectivity index (χ0n) is 12.2. The maximum Gasteiger partial charge on any atom is 0.354 e. The van der Waals surface area contributed by atoms with E-state index < -0.39 is 5.97 Å². The number of aromatic nitrogens is 1. The minimum atomic E-state index is -0.987. The number of nitrogens with one attached hydrogen (secondary N) is 1. The molecule has 0 amide bonds. The smallest absolute Gasteiger partial charge is 0.354 e. The number of carboxylic acid groups (broad SMARTS) is 1. The lowest BCUT2D eigenvalue weighted by Gasteiger charge is -2.19. The van der Waals surface area contributed by atoms with Crippen LogP contribution in [0.2, 0.25) is 0 Å². The molecule has 1 aliphatic carbocycles. The quantitative estimate of drug-likeness (QED) is 0.844. The molecule has 1 atom stereocenters. The zero-order chi connectivity index (χ0) is 14.8. The van der Waals surface area contributed by atoms with Gasteiger partial charge in [0.2, 0.25) is 0 Å². The van der Waals surface area contributed by atoms with Crippen LogP contribution in [0.3, 0.4) is 0 Å². The van der Waals surface area contributed by atoms with E-state index in [1.165, 1.54) is 12.8 Å². The van der Waals surface area contributed by atoms with Crippen LogP contribution in [0.1, 0.15) is 43.1 Å². The van der Waals surface area contributed by atoms with E-state index in [-0.39, 0.29) is 5.69 Å². The Bertz CT molecular complexity index is 665. The van der Waals surface area contributed by atoms with Gasteiger partial charge in [0, 0.05) is 17.1 Å². The molecule has 0 spiro atoms. The van der Waals surface area contributed by atoms with Gasteiger partial charge in [0.25, 0.3) is 0 Å². The van der Waals surface area contributed by atoms with Crippen molar-refractivity contribution in [1.82, 2.24) is 4.98 Å². The Kier molecular flexibility index (Phi) is 3.78. The largest absolute Gasteiger partial charge is 0.477 e. The maximum absolute atomic E-state index is 11.2. The first kappa shape index (κ1) is 13.9. The average Bonchev–Trinajstić information content (AvgIpc) is 3.30. The lowest BCUT2D eigenvalue weighted by atomic mass is 10.1. The van der Waals surface area contributed by atoms with Crippen LogP contribution in [0, 0.1) is 5.92 Å². The third kappa shape index (κ3) is 3.15. The number of hydrogen-bond acceptors (Lipinski definition) is 3. The van der Waals surface area contributed by atoms with Gasteiger partial charge in [-0.2, -0.15) is 0 Å². The molecule has 1 unspecified atom stereocenters. The molecule has 0 radical (unpaired) electrons. The second-order valence-electron chi connectivity index (χ2n) is 5.81. The van der Waals surface area contributed by atoms with Gasteiger partial charge in [0.15, 0.2) is 5.69 Å². The Hall–Kier alpha value is -2.10. The number of carboxylic acids is 1. The number of hydrogen-bond donors (Lipinski definition) is 2. The summed E-state index contributed by atoms with van der Waals surface area (Å²) in [5, 5.41) is 13.7. The lowest BCUT2D eigenvalue weighted by molar-refractivity contribution is 0.0691. The standard InChI is InChI=1S/C17H20N2O2/c1-2-12(9-11-7-8-11)18-15-10-16(17(20)21)19-14-6-4-3-5-13(14)15/h3-6,10-12H,2,7-9H2,1H3,(H,18,19)(H,20,21). The number of fused-ring (bicyclic) bond motifs is 1. The van der Waals surface area contributed by atoms with E-state index in [4.69, 9.17) is 0 Å². The Balaban J connectivity index is 1.96. The predicted molar refractivity (Wildman–Crippen MR) is 83.7 cm³/mol. The average molecular weight is 284 g/mol. The van der Waals surface area contributed by atoms with Crippen molar-refractivity contribution in [3.63, 3.8) is 0 Å². The summed E-state index contributed by atoms with van der Waals surface area (Å²) in [6.07, 6.45) is 4.86. The van der Waals surface area contributed by atoms with E-state index >= 15 is 0 Å². The lowest BCUT2D eigenvalue weighted by Crippen LogP contribution is -2.19. The summed E-state index contributed by atoms with van der Waals surface area (Å²) in [5.74, 6) is -0.145.